The summed E-state index contributed by atoms with van der Waals surface area (Å²) in [4.78, 5) is 12.5. The van der Waals surface area contributed by atoms with Gasteiger partial charge in [0, 0.05) is 11.5 Å². The van der Waals surface area contributed by atoms with Crippen LogP contribution in [0.4, 0.5) is 0 Å². The molecule has 1 aliphatic rings. The van der Waals surface area contributed by atoms with Crippen LogP contribution in [0.25, 0.3) is 6.08 Å². The van der Waals surface area contributed by atoms with Gasteiger partial charge >= 0.3 is 0 Å². The van der Waals surface area contributed by atoms with Crippen LogP contribution in [0.15, 0.2) is 47.6 Å². The minimum atomic E-state index is 0.255. The van der Waals surface area contributed by atoms with E-state index in [4.69, 9.17) is 0 Å². The number of allylic oxidation sites excluding steroid dienone is 3. The fourth-order valence-corrected chi connectivity index (χ4v) is 2.65. The molecule has 1 aliphatic carbocycles. The van der Waals surface area contributed by atoms with Crippen LogP contribution in [0, 0.1) is 5.92 Å². The molecule has 0 saturated heterocycles. The van der Waals surface area contributed by atoms with Gasteiger partial charge in [0.25, 0.3) is 0 Å². The van der Waals surface area contributed by atoms with Gasteiger partial charge in [-0.2, -0.15) is 0 Å². The molecule has 100 valence electrons. The normalized spacial score (nSPS) is 15.9. The highest BCUT2D eigenvalue weighted by Crippen LogP contribution is 2.29. The van der Waals surface area contributed by atoms with Gasteiger partial charge in [-0.3, -0.25) is 4.79 Å². The Morgan fingerprint density at radius 3 is 2.32 bits per heavy atom. The van der Waals surface area contributed by atoms with E-state index >= 15 is 0 Å². The van der Waals surface area contributed by atoms with Crippen LogP contribution < -0.4 is 0 Å². The van der Waals surface area contributed by atoms with Gasteiger partial charge in [0.05, 0.1) is 0 Å². The molecule has 1 nitrogen and oxygen atoms in total. The molecule has 2 rings (SSSR count). The van der Waals surface area contributed by atoms with Gasteiger partial charge in [-0.1, -0.05) is 60.9 Å². The molecular formula is C18H22O. The number of hydrogen-bond donors (Lipinski definition) is 0. The van der Waals surface area contributed by atoms with Crippen LogP contribution in [0.2, 0.25) is 0 Å². The van der Waals surface area contributed by atoms with Crippen molar-refractivity contribution >= 4 is 11.9 Å². The molecule has 1 saturated carbocycles. The Kier molecular flexibility index (Phi) is 4.73. The molecule has 0 heterocycles. The van der Waals surface area contributed by atoms with Crippen molar-refractivity contribution in [3.8, 4) is 0 Å². The summed E-state index contributed by atoms with van der Waals surface area (Å²) < 4.78 is 0. The standard InChI is InChI=1S/C18H22O/c1-14(2)17(18(19)16-10-6-7-11-16)13-12-15-8-4-3-5-9-15/h3-5,8-9,12-13,16H,6-7,10-11H2,1-2H3/b13-12+. The van der Waals surface area contributed by atoms with E-state index in [1.54, 1.807) is 0 Å². The molecule has 0 amide bonds. The zero-order valence-corrected chi connectivity index (χ0v) is 11.9. The number of rotatable bonds is 4. The van der Waals surface area contributed by atoms with Crippen molar-refractivity contribution in [1.82, 2.24) is 0 Å². The fourth-order valence-electron chi connectivity index (χ4n) is 2.65. The highest BCUT2D eigenvalue weighted by atomic mass is 16.1. The maximum Gasteiger partial charge on any atom is 0.165 e. The number of Topliss-reactive ketones (excluding diaryl/α,β-unsaturated/α-hetero) is 1. The summed E-state index contributed by atoms with van der Waals surface area (Å²) in [6.07, 6.45) is 8.56. The minimum absolute atomic E-state index is 0.255. The van der Waals surface area contributed by atoms with E-state index < -0.39 is 0 Å². The van der Waals surface area contributed by atoms with Crippen molar-refractivity contribution in [2.75, 3.05) is 0 Å². The first kappa shape index (κ1) is 13.8. The van der Waals surface area contributed by atoms with Crippen LogP contribution in [0.1, 0.15) is 45.1 Å². The molecule has 0 spiro atoms. The molecule has 0 atom stereocenters. The van der Waals surface area contributed by atoms with Gasteiger partial charge in [0.1, 0.15) is 0 Å². The predicted molar refractivity (Wildman–Crippen MR) is 80.8 cm³/mol. The van der Waals surface area contributed by atoms with Gasteiger partial charge in [0.15, 0.2) is 5.78 Å². The highest BCUT2D eigenvalue weighted by Gasteiger charge is 2.24. The van der Waals surface area contributed by atoms with Crippen molar-refractivity contribution in [2.24, 2.45) is 5.92 Å². The molecule has 0 N–H and O–H groups in total. The zero-order valence-electron chi connectivity index (χ0n) is 11.9. The first-order chi connectivity index (χ1) is 9.18. The highest BCUT2D eigenvalue weighted by molar-refractivity contribution is 6.01. The monoisotopic (exact) mass is 254 g/mol. The predicted octanol–water partition coefficient (Wildman–Crippen LogP) is 4.80. The second-order valence-corrected chi connectivity index (χ2v) is 5.50. The molecule has 1 fully saturated rings. The molecular weight excluding hydrogens is 232 g/mol. The quantitative estimate of drug-likeness (QED) is 0.557. The summed E-state index contributed by atoms with van der Waals surface area (Å²) in [7, 11) is 0. The van der Waals surface area contributed by atoms with E-state index in [1.165, 1.54) is 12.8 Å². The third-order valence-corrected chi connectivity index (χ3v) is 3.77. The van der Waals surface area contributed by atoms with Crippen molar-refractivity contribution in [3.63, 3.8) is 0 Å². The molecule has 1 aromatic rings. The number of benzene rings is 1. The average Bonchev–Trinajstić information content (AvgIpc) is 2.93. The maximum absolute atomic E-state index is 12.5. The van der Waals surface area contributed by atoms with Gasteiger partial charge in [0.2, 0.25) is 0 Å². The Labute approximate surface area is 116 Å². The first-order valence-corrected chi connectivity index (χ1v) is 7.13. The van der Waals surface area contributed by atoms with Crippen molar-refractivity contribution in [2.45, 2.75) is 39.5 Å². The Morgan fingerprint density at radius 2 is 1.74 bits per heavy atom. The summed E-state index contributed by atoms with van der Waals surface area (Å²) in [5.41, 5.74) is 3.15. The zero-order chi connectivity index (χ0) is 13.7. The minimum Gasteiger partial charge on any atom is -0.294 e. The SMILES string of the molecule is CC(C)=C(/C=C/c1ccccc1)C(=O)C1CCCC1. The van der Waals surface area contributed by atoms with Crippen LogP contribution in [-0.4, -0.2) is 5.78 Å². The van der Waals surface area contributed by atoms with Gasteiger partial charge in [-0.25, -0.2) is 0 Å². The molecule has 1 aromatic carbocycles. The lowest BCUT2D eigenvalue weighted by molar-refractivity contribution is -0.118. The van der Waals surface area contributed by atoms with E-state index in [9.17, 15) is 4.79 Å². The van der Waals surface area contributed by atoms with E-state index in [-0.39, 0.29) is 5.92 Å². The average molecular weight is 254 g/mol. The molecule has 0 radical (unpaired) electrons. The second kappa shape index (κ2) is 6.51. The molecule has 0 bridgehead atoms. The van der Waals surface area contributed by atoms with Crippen LogP contribution >= 0.6 is 0 Å². The second-order valence-electron chi connectivity index (χ2n) is 5.50. The summed E-state index contributed by atoms with van der Waals surface area (Å²) in [6, 6.07) is 10.1. The number of hydrogen-bond acceptors (Lipinski definition) is 1. The van der Waals surface area contributed by atoms with Crippen LogP contribution in [-0.2, 0) is 4.79 Å². The number of ketones is 1. The Morgan fingerprint density at radius 1 is 1.11 bits per heavy atom. The largest absolute Gasteiger partial charge is 0.294 e. The van der Waals surface area contributed by atoms with Gasteiger partial charge < -0.3 is 0 Å². The van der Waals surface area contributed by atoms with E-state index in [1.807, 2.05) is 44.2 Å². The molecule has 0 aliphatic heterocycles. The van der Waals surface area contributed by atoms with Crippen molar-refractivity contribution in [1.29, 1.82) is 0 Å². The Balaban J connectivity index is 2.16. The fraction of sp³-hybridized carbons (Fsp3) is 0.389. The summed E-state index contributed by atoms with van der Waals surface area (Å²) in [5, 5.41) is 0. The summed E-state index contributed by atoms with van der Waals surface area (Å²) in [6.45, 7) is 4.05. The van der Waals surface area contributed by atoms with Gasteiger partial charge in [-0.15, -0.1) is 0 Å². The van der Waals surface area contributed by atoms with Gasteiger partial charge in [-0.05, 0) is 32.3 Å². The van der Waals surface area contributed by atoms with E-state index in [2.05, 4.69) is 12.1 Å². The lowest BCUT2D eigenvalue weighted by atomic mass is 9.93. The van der Waals surface area contributed by atoms with E-state index in [0.29, 0.717) is 5.78 Å². The smallest absolute Gasteiger partial charge is 0.165 e. The maximum atomic E-state index is 12.5. The Hall–Kier alpha value is -1.63. The van der Waals surface area contributed by atoms with E-state index in [0.717, 1.165) is 29.6 Å². The van der Waals surface area contributed by atoms with Crippen molar-refractivity contribution in [3.05, 3.63) is 53.1 Å². The topological polar surface area (TPSA) is 17.1 Å². The lowest BCUT2D eigenvalue weighted by Gasteiger charge is -2.10. The van der Waals surface area contributed by atoms with Crippen LogP contribution in [0.5, 0.6) is 0 Å². The molecule has 19 heavy (non-hydrogen) atoms. The first-order valence-electron chi connectivity index (χ1n) is 7.13. The number of carbonyl (C=O) groups excluding carboxylic acids is 1. The molecule has 0 aromatic heterocycles. The third kappa shape index (κ3) is 3.66. The molecule has 0 unspecified atom stereocenters. The van der Waals surface area contributed by atoms with Crippen LogP contribution in [0.3, 0.4) is 0 Å². The summed E-state index contributed by atoms with van der Waals surface area (Å²) in [5.74, 6) is 0.593. The van der Waals surface area contributed by atoms with Crippen molar-refractivity contribution < 1.29 is 4.79 Å². The molecule has 1 heteroatoms. The Bertz CT molecular complexity index is 484. The lowest BCUT2D eigenvalue weighted by Crippen LogP contribution is -2.13. The summed E-state index contributed by atoms with van der Waals surface area (Å²) >= 11 is 0. The third-order valence-electron chi connectivity index (χ3n) is 3.77. The number of carbonyl (C=O) groups is 1.